The van der Waals surface area contributed by atoms with Gasteiger partial charge in [-0.05, 0) is 19.4 Å². The summed E-state index contributed by atoms with van der Waals surface area (Å²) in [7, 11) is 3.33. The van der Waals surface area contributed by atoms with E-state index in [2.05, 4.69) is 5.32 Å². The van der Waals surface area contributed by atoms with Gasteiger partial charge in [0.15, 0.2) is 0 Å². The van der Waals surface area contributed by atoms with E-state index in [1.54, 1.807) is 14.2 Å². The van der Waals surface area contributed by atoms with Crippen LogP contribution in [-0.2, 0) is 11.3 Å². The number of methoxy groups -OCH3 is 2. The van der Waals surface area contributed by atoms with Crippen molar-refractivity contribution in [1.29, 1.82) is 0 Å². The predicted molar refractivity (Wildman–Crippen MR) is 71.8 cm³/mol. The highest BCUT2D eigenvalue weighted by atomic mass is 16.5. The Kier molecular flexibility index (Phi) is 6.12. The van der Waals surface area contributed by atoms with E-state index >= 15 is 0 Å². The molecular weight excluding hydrogens is 230 g/mol. The highest BCUT2D eigenvalue weighted by molar-refractivity contribution is 5.33. The van der Waals surface area contributed by atoms with Crippen molar-refractivity contribution in [1.82, 2.24) is 5.32 Å². The zero-order valence-corrected chi connectivity index (χ0v) is 11.4. The van der Waals surface area contributed by atoms with E-state index < -0.39 is 0 Å². The number of para-hydroxylation sites is 1. The van der Waals surface area contributed by atoms with Crippen LogP contribution in [-0.4, -0.2) is 38.1 Å². The van der Waals surface area contributed by atoms with Gasteiger partial charge in [0.2, 0.25) is 0 Å². The maximum atomic E-state index is 9.11. The second kappa shape index (κ2) is 7.36. The largest absolute Gasteiger partial charge is 0.496 e. The number of rotatable bonds is 8. The van der Waals surface area contributed by atoms with Crippen molar-refractivity contribution in [2.24, 2.45) is 0 Å². The first-order valence-electron chi connectivity index (χ1n) is 6.12. The molecule has 0 radical (unpaired) electrons. The van der Waals surface area contributed by atoms with Crippen LogP contribution in [0.5, 0.6) is 5.75 Å². The summed E-state index contributed by atoms with van der Waals surface area (Å²) >= 11 is 0. The van der Waals surface area contributed by atoms with Gasteiger partial charge in [0, 0.05) is 31.4 Å². The highest BCUT2D eigenvalue weighted by Crippen LogP contribution is 2.19. The van der Waals surface area contributed by atoms with Gasteiger partial charge in [-0.1, -0.05) is 18.2 Å². The maximum absolute atomic E-state index is 9.11. The van der Waals surface area contributed by atoms with E-state index in [0.717, 1.165) is 11.3 Å². The molecule has 0 fully saturated rings. The van der Waals surface area contributed by atoms with Gasteiger partial charge in [-0.25, -0.2) is 0 Å². The lowest BCUT2D eigenvalue weighted by Gasteiger charge is -2.30. The lowest BCUT2D eigenvalue weighted by molar-refractivity contribution is 0.0968. The molecule has 1 aromatic carbocycles. The number of nitrogens with one attached hydrogen (secondary N) is 1. The Morgan fingerprint density at radius 2 is 2.00 bits per heavy atom. The molecule has 0 aliphatic heterocycles. The maximum Gasteiger partial charge on any atom is 0.123 e. The Bertz CT molecular complexity index is 349. The second-order valence-electron chi connectivity index (χ2n) is 4.63. The number of benzene rings is 1. The average Bonchev–Trinajstić information content (AvgIpc) is 2.37. The molecule has 102 valence electrons. The van der Waals surface area contributed by atoms with Crippen molar-refractivity contribution >= 4 is 0 Å². The molecular formula is C14H23NO3. The Labute approximate surface area is 109 Å². The number of aliphatic hydroxyl groups is 1. The molecule has 0 aromatic heterocycles. The van der Waals surface area contributed by atoms with Gasteiger partial charge >= 0.3 is 0 Å². The molecule has 0 heterocycles. The molecule has 18 heavy (non-hydrogen) atoms. The van der Waals surface area contributed by atoms with Gasteiger partial charge in [0.05, 0.1) is 13.7 Å². The molecule has 1 rings (SSSR count). The molecule has 0 bridgehead atoms. The first-order chi connectivity index (χ1) is 8.65. The third-order valence-electron chi connectivity index (χ3n) is 3.02. The van der Waals surface area contributed by atoms with Crippen LogP contribution in [0.25, 0.3) is 0 Å². The predicted octanol–water partition coefficient (Wildman–Crippen LogP) is 1.57. The van der Waals surface area contributed by atoms with Crippen LogP contribution >= 0.6 is 0 Å². The van der Waals surface area contributed by atoms with Crippen LogP contribution in [0.4, 0.5) is 0 Å². The molecule has 0 aliphatic carbocycles. The fourth-order valence-corrected chi connectivity index (χ4v) is 1.93. The van der Waals surface area contributed by atoms with Crippen molar-refractivity contribution in [3.8, 4) is 5.75 Å². The smallest absolute Gasteiger partial charge is 0.123 e. The molecule has 0 amide bonds. The van der Waals surface area contributed by atoms with E-state index in [1.165, 1.54) is 0 Å². The zero-order chi connectivity index (χ0) is 13.4. The number of hydrogen-bond donors (Lipinski definition) is 2. The molecule has 2 N–H and O–H groups in total. The summed E-state index contributed by atoms with van der Waals surface area (Å²) in [5.74, 6) is 0.869. The fraction of sp³-hybridized carbons (Fsp3) is 0.571. The Morgan fingerprint density at radius 1 is 1.28 bits per heavy atom. The van der Waals surface area contributed by atoms with Crippen LogP contribution in [0.2, 0.25) is 0 Å². The van der Waals surface area contributed by atoms with Gasteiger partial charge < -0.3 is 19.9 Å². The lowest BCUT2D eigenvalue weighted by atomic mass is 9.99. The van der Waals surface area contributed by atoms with Crippen LogP contribution in [0, 0.1) is 0 Å². The topological polar surface area (TPSA) is 50.7 Å². The van der Waals surface area contributed by atoms with Gasteiger partial charge in [-0.2, -0.15) is 0 Å². The van der Waals surface area contributed by atoms with E-state index in [0.29, 0.717) is 19.6 Å². The third kappa shape index (κ3) is 4.29. The minimum Gasteiger partial charge on any atom is -0.496 e. The Balaban J connectivity index is 2.66. The van der Waals surface area contributed by atoms with Crippen molar-refractivity contribution < 1.29 is 14.6 Å². The van der Waals surface area contributed by atoms with Gasteiger partial charge in [0.1, 0.15) is 5.75 Å². The molecule has 0 spiro atoms. The highest BCUT2D eigenvalue weighted by Gasteiger charge is 2.23. The fourth-order valence-electron chi connectivity index (χ4n) is 1.93. The summed E-state index contributed by atoms with van der Waals surface area (Å²) in [4.78, 5) is 0. The van der Waals surface area contributed by atoms with E-state index in [4.69, 9.17) is 14.6 Å². The molecule has 4 nitrogen and oxygen atoms in total. The van der Waals surface area contributed by atoms with Crippen molar-refractivity contribution in [2.75, 3.05) is 27.4 Å². The second-order valence-corrected chi connectivity index (χ2v) is 4.63. The first kappa shape index (κ1) is 15.0. The Hall–Kier alpha value is -1.10. The summed E-state index contributed by atoms with van der Waals surface area (Å²) in [6, 6.07) is 7.90. The Morgan fingerprint density at radius 3 is 2.61 bits per heavy atom. The van der Waals surface area contributed by atoms with E-state index in [1.807, 2.05) is 31.2 Å². The molecule has 1 unspecified atom stereocenters. The minimum absolute atomic E-state index is 0.138. The lowest BCUT2D eigenvalue weighted by Crippen LogP contribution is -2.46. The zero-order valence-electron chi connectivity index (χ0n) is 11.4. The van der Waals surface area contributed by atoms with Gasteiger partial charge in [-0.3, -0.25) is 0 Å². The van der Waals surface area contributed by atoms with E-state index in [9.17, 15) is 0 Å². The number of aliphatic hydroxyl groups excluding tert-OH is 1. The summed E-state index contributed by atoms with van der Waals surface area (Å²) in [5, 5.41) is 12.5. The summed E-state index contributed by atoms with van der Waals surface area (Å²) in [6.07, 6.45) is 0.649. The van der Waals surface area contributed by atoms with Crippen molar-refractivity contribution in [2.45, 2.75) is 25.4 Å². The number of ether oxygens (including phenoxy) is 2. The van der Waals surface area contributed by atoms with Crippen LogP contribution in [0.1, 0.15) is 18.9 Å². The monoisotopic (exact) mass is 253 g/mol. The van der Waals surface area contributed by atoms with Crippen LogP contribution < -0.4 is 10.1 Å². The van der Waals surface area contributed by atoms with Crippen molar-refractivity contribution in [3.63, 3.8) is 0 Å². The molecule has 0 saturated carbocycles. The van der Waals surface area contributed by atoms with Crippen molar-refractivity contribution in [3.05, 3.63) is 29.8 Å². The summed E-state index contributed by atoms with van der Waals surface area (Å²) in [6.45, 7) is 3.42. The third-order valence-corrected chi connectivity index (χ3v) is 3.02. The SMILES string of the molecule is COCC(C)(CCO)NCc1ccccc1OC. The molecule has 4 heteroatoms. The molecule has 1 aromatic rings. The average molecular weight is 253 g/mol. The molecule has 1 atom stereocenters. The van der Waals surface area contributed by atoms with Gasteiger partial charge in [-0.15, -0.1) is 0 Å². The quantitative estimate of drug-likeness (QED) is 0.738. The normalized spacial score (nSPS) is 14.2. The minimum atomic E-state index is -0.232. The van der Waals surface area contributed by atoms with E-state index in [-0.39, 0.29) is 12.1 Å². The molecule has 0 saturated heterocycles. The summed E-state index contributed by atoms with van der Waals surface area (Å²) < 4.78 is 10.5. The molecule has 0 aliphatic rings. The number of hydrogen-bond acceptors (Lipinski definition) is 4. The first-order valence-corrected chi connectivity index (χ1v) is 6.12. The van der Waals surface area contributed by atoms with Crippen LogP contribution in [0.3, 0.4) is 0 Å². The van der Waals surface area contributed by atoms with Crippen LogP contribution in [0.15, 0.2) is 24.3 Å². The standard InChI is InChI=1S/C14H23NO3/c1-14(8-9-16,11-17-2)15-10-12-6-4-5-7-13(12)18-3/h4-7,15-16H,8-11H2,1-3H3. The van der Waals surface area contributed by atoms with Gasteiger partial charge in [0.25, 0.3) is 0 Å². The summed E-state index contributed by atoms with van der Waals surface area (Å²) in [5.41, 5.74) is 0.866.